The molecule has 1 aromatic rings. The number of benzene rings is 1. The second kappa shape index (κ2) is 4.70. The predicted molar refractivity (Wildman–Crippen MR) is 75.1 cm³/mol. The smallest absolute Gasteiger partial charge is 0.0574 e. The Morgan fingerprint density at radius 2 is 1.94 bits per heavy atom. The van der Waals surface area contributed by atoms with Crippen LogP contribution in [0.2, 0.25) is 0 Å². The van der Waals surface area contributed by atoms with E-state index in [4.69, 9.17) is 4.74 Å². The van der Waals surface area contributed by atoms with Crippen molar-refractivity contribution in [1.82, 2.24) is 0 Å². The maximum atomic E-state index is 5.58. The number of fused-ring (bicyclic) bond motifs is 3. The third-order valence-corrected chi connectivity index (χ3v) is 5.08. The third-order valence-electron chi connectivity index (χ3n) is 5.08. The van der Waals surface area contributed by atoms with Gasteiger partial charge in [-0.15, -0.1) is 0 Å². The van der Waals surface area contributed by atoms with Gasteiger partial charge in [0.15, 0.2) is 0 Å². The standard InChI is InChI=1S/C17H24O/c1-11-8-12(2)15-6-4-13-10-14(18-3)5-7-16(13)17(15)9-11/h8-9,13-14,16H,4-7,10H2,1-3H3. The van der Waals surface area contributed by atoms with Gasteiger partial charge in [-0.05, 0) is 74.5 Å². The minimum Gasteiger partial charge on any atom is -0.381 e. The molecule has 3 atom stereocenters. The summed E-state index contributed by atoms with van der Waals surface area (Å²) >= 11 is 0. The molecule has 1 fully saturated rings. The molecule has 3 rings (SSSR count). The average molecular weight is 244 g/mol. The zero-order valence-electron chi connectivity index (χ0n) is 11.8. The maximum Gasteiger partial charge on any atom is 0.0574 e. The van der Waals surface area contributed by atoms with Gasteiger partial charge in [0, 0.05) is 7.11 Å². The summed E-state index contributed by atoms with van der Waals surface area (Å²) in [5, 5.41) is 0. The predicted octanol–water partition coefficient (Wildman–Crippen LogP) is 4.15. The van der Waals surface area contributed by atoms with E-state index in [1.807, 2.05) is 7.11 Å². The Morgan fingerprint density at radius 1 is 1.11 bits per heavy atom. The number of methoxy groups -OCH3 is 1. The highest BCUT2D eigenvalue weighted by atomic mass is 16.5. The van der Waals surface area contributed by atoms with Crippen LogP contribution in [0.5, 0.6) is 0 Å². The largest absolute Gasteiger partial charge is 0.381 e. The summed E-state index contributed by atoms with van der Waals surface area (Å²) in [5.74, 6) is 1.66. The lowest BCUT2D eigenvalue weighted by molar-refractivity contribution is 0.0386. The van der Waals surface area contributed by atoms with E-state index in [9.17, 15) is 0 Å². The van der Waals surface area contributed by atoms with Crippen molar-refractivity contribution >= 4 is 0 Å². The van der Waals surface area contributed by atoms with Crippen molar-refractivity contribution in [3.63, 3.8) is 0 Å². The molecule has 0 N–H and O–H groups in total. The van der Waals surface area contributed by atoms with Crippen LogP contribution < -0.4 is 0 Å². The summed E-state index contributed by atoms with van der Waals surface area (Å²) in [6.45, 7) is 4.52. The SMILES string of the molecule is COC1CCC2c3cc(C)cc(C)c3CCC2C1. The Labute approximate surface area is 111 Å². The highest BCUT2D eigenvalue weighted by Gasteiger charge is 2.35. The van der Waals surface area contributed by atoms with Gasteiger partial charge in [0.1, 0.15) is 0 Å². The minimum absolute atomic E-state index is 0.513. The van der Waals surface area contributed by atoms with Crippen LogP contribution in [0.4, 0.5) is 0 Å². The molecule has 0 spiro atoms. The molecule has 3 unspecified atom stereocenters. The Hall–Kier alpha value is -0.820. The van der Waals surface area contributed by atoms with E-state index in [-0.39, 0.29) is 0 Å². The molecule has 2 aliphatic carbocycles. The molecule has 0 saturated heterocycles. The third kappa shape index (κ3) is 1.99. The van der Waals surface area contributed by atoms with Crippen molar-refractivity contribution in [2.75, 3.05) is 7.11 Å². The molecular formula is C17H24O. The minimum atomic E-state index is 0.513. The Bertz CT molecular complexity index is 449. The van der Waals surface area contributed by atoms with E-state index in [2.05, 4.69) is 26.0 Å². The molecule has 0 bridgehead atoms. The Morgan fingerprint density at radius 3 is 2.72 bits per heavy atom. The van der Waals surface area contributed by atoms with Crippen molar-refractivity contribution in [3.05, 3.63) is 34.4 Å². The van der Waals surface area contributed by atoms with E-state index >= 15 is 0 Å². The van der Waals surface area contributed by atoms with Gasteiger partial charge in [-0.1, -0.05) is 17.7 Å². The van der Waals surface area contributed by atoms with Crippen molar-refractivity contribution < 1.29 is 4.74 Å². The van der Waals surface area contributed by atoms with Gasteiger partial charge in [-0.3, -0.25) is 0 Å². The summed E-state index contributed by atoms with van der Waals surface area (Å²) in [6.07, 6.45) is 6.98. The Kier molecular flexibility index (Phi) is 3.19. The van der Waals surface area contributed by atoms with Crippen LogP contribution in [-0.2, 0) is 11.2 Å². The molecule has 1 nitrogen and oxygen atoms in total. The van der Waals surface area contributed by atoms with Crippen molar-refractivity contribution in [1.29, 1.82) is 0 Å². The van der Waals surface area contributed by atoms with Gasteiger partial charge in [-0.2, -0.15) is 0 Å². The average Bonchev–Trinajstić information content (AvgIpc) is 2.37. The van der Waals surface area contributed by atoms with Crippen LogP contribution in [-0.4, -0.2) is 13.2 Å². The first-order valence-corrected chi connectivity index (χ1v) is 7.32. The second-order valence-corrected chi connectivity index (χ2v) is 6.23. The number of aryl methyl sites for hydroxylation is 2. The summed E-state index contributed by atoms with van der Waals surface area (Å²) < 4.78 is 5.58. The van der Waals surface area contributed by atoms with Gasteiger partial charge < -0.3 is 4.74 Å². The summed E-state index contributed by atoms with van der Waals surface area (Å²) in [7, 11) is 1.87. The monoisotopic (exact) mass is 244 g/mol. The van der Waals surface area contributed by atoms with Gasteiger partial charge >= 0.3 is 0 Å². The van der Waals surface area contributed by atoms with E-state index < -0.39 is 0 Å². The molecule has 0 aliphatic heterocycles. The molecule has 0 aromatic heterocycles. The highest BCUT2D eigenvalue weighted by molar-refractivity contribution is 5.42. The summed E-state index contributed by atoms with van der Waals surface area (Å²) in [4.78, 5) is 0. The van der Waals surface area contributed by atoms with Gasteiger partial charge in [0.05, 0.1) is 6.10 Å². The number of rotatable bonds is 1. The fourth-order valence-corrected chi connectivity index (χ4v) is 4.20. The maximum absolute atomic E-state index is 5.58. The number of hydrogen-bond donors (Lipinski definition) is 0. The molecular weight excluding hydrogens is 220 g/mol. The second-order valence-electron chi connectivity index (χ2n) is 6.23. The van der Waals surface area contributed by atoms with E-state index in [1.54, 1.807) is 11.1 Å². The molecule has 0 radical (unpaired) electrons. The van der Waals surface area contributed by atoms with Gasteiger partial charge in [0.2, 0.25) is 0 Å². The molecule has 18 heavy (non-hydrogen) atoms. The topological polar surface area (TPSA) is 9.23 Å². The quantitative estimate of drug-likeness (QED) is 0.721. The van der Waals surface area contributed by atoms with Crippen molar-refractivity contribution in [2.24, 2.45) is 5.92 Å². The lowest BCUT2D eigenvalue weighted by Crippen LogP contribution is -2.31. The first-order chi connectivity index (χ1) is 8.69. The van der Waals surface area contributed by atoms with E-state index in [1.165, 1.54) is 43.2 Å². The van der Waals surface area contributed by atoms with Gasteiger partial charge in [0.25, 0.3) is 0 Å². The fraction of sp³-hybridized carbons (Fsp3) is 0.647. The number of hydrogen-bond acceptors (Lipinski definition) is 1. The fourth-order valence-electron chi connectivity index (χ4n) is 4.20. The molecule has 2 aliphatic rings. The molecule has 0 amide bonds. The van der Waals surface area contributed by atoms with Crippen molar-refractivity contribution in [2.45, 2.75) is 58.0 Å². The first-order valence-electron chi connectivity index (χ1n) is 7.32. The van der Waals surface area contributed by atoms with E-state index in [0.29, 0.717) is 6.10 Å². The molecule has 1 aromatic carbocycles. The van der Waals surface area contributed by atoms with Crippen LogP contribution in [0.15, 0.2) is 12.1 Å². The van der Waals surface area contributed by atoms with Crippen LogP contribution in [0.25, 0.3) is 0 Å². The Balaban J connectivity index is 1.94. The summed E-state index contributed by atoms with van der Waals surface area (Å²) in [6, 6.07) is 4.80. The molecule has 0 heterocycles. The molecule has 98 valence electrons. The summed E-state index contributed by atoms with van der Waals surface area (Å²) in [5.41, 5.74) is 6.26. The zero-order valence-corrected chi connectivity index (χ0v) is 11.8. The first kappa shape index (κ1) is 12.2. The molecule has 1 heteroatoms. The zero-order chi connectivity index (χ0) is 12.7. The van der Waals surface area contributed by atoms with Gasteiger partial charge in [-0.25, -0.2) is 0 Å². The van der Waals surface area contributed by atoms with Crippen LogP contribution in [0.3, 0.4) is 0 Å². The van der Waals surface area contributed by atoms with Crippen molar-refractivity contribution in [3.8, 4) is 0 Å². The molecule has 1 saturated carbocycles. The number of ether oxygens (including phenoxy) is 1. The lowest BCUT2D eigenvalue weighted by Gasteiger charge is -2.40. The van der Waals surface area contributed by atoms with Crippen LogP contribution >= 0.6 is 0 Å². The highest BCUT2D eigenvalue weighted by Crippen LogP contribution is 2.46. The normalized spacial score (nSPS) is 30.7. The van der Waals surface area contributed by atoms with Crippen LogP contribution in [0.1, 0.15) is 53.9 Å². The lowest BCUT2D eigenvalue weighted by atomic mass is 9.66. The van der Waals surface area contributed by atoms with E-state index in [0.717, 1.165) is 11.8 Å². The van der Waals surface area contributed by atoms with Crippen LogP contribution in [0, 0.1) is 19.8 Å².